The molecule has 0 bridgehead atoms. The van der Waals surface area contributed by atoms with Gasteiger partial charge in [-0.1, -0.05) is 0 Å². The molecule has 258 valence electrons. The number of carbonyl (C=O) groups excluding carboxylic acids is 1. The summed E-state index contributed by atoms with van der Waals surface area (Å²) >= 11 is 0. The summed E-state index contributed by atoms with van der Waals surface area (Å²) in [6.45, 7) is -1.54. The lowest BCUT2D eigenvalue weighted by Gasteiger charge is -2.49. The first-order valence-corrected chi connectivity index (χ1v) is 13.7. The van der Waals surface area contributed by atoms with Crippen molar-refractivity contribution in [3.05, 3.63) is 0 Å². The molecule has 0 spiro atoms. The van der Waals surface area contributed by atoms with Crippen LogP contribution in [0.1, 0.15) is 6.92 Å². The van der Waals surface area contributed by atoms with Crippen molar-refractivity contribution in [1.29, 1.82) is 0 Å². The monoisotopic (exact) mass is 650 g/mol. The normalized spacial score (nSPS) is 46.2. The summed E-state index contributed by atoms with van der Waals surface area (Å²) < 4.78 is 33.1. The highest BCUT2D eigenvalue weighted by molar-refractivity contribution is 5.56. The number of aldehydes is 1. The molecule has 3 aliphatic rings. The predicted octanol–water partition coefficient (Wildman–Crippen LogP) is -8.88. The highest BCUT2D eigenvalue weighted by Crippen LogP contribution is 2.34. The van der Waals surface area contributed by atoms with Crippen LogP contribution in [0.5, 0.6) is 0 Å². The number of carbonyl (C=O) groups is 1. The lowest BCUT2D eigenvalue weighted by molar-refractivity contribution is -0.391. The van der Waals surface area contributed by atoms with E-state index < -0.39 is 136 Å². The standard InChI is InChI=1S/C24H42O20/c1-6-11(31)14(34)16(36)22(39-6)44-21-18(38)24(42-19(8(30)3-26)12(32)7(29)2-25)41-10(5-28)20(21)43-23-17(37)15(35)13(33)9(4-27)40-23/h3,6-25,27-38H,2,4-5H2,1H3/t6-,7+,8-,9+,10+,11+,12-,13-,14+,15-,16-,17+,18+,19+,20+,21+,22-,23-,24-/m0/s1. The van der Waals surface area contributed by atoms with Crippen molar-refractivity contribution >= 4 is 6.29 Å². The summed E-state index contributed by atoms with van der Waals surface area (Å²) in [6.07, 6.45) is -35.1. The third-order valence-electron chi connectivity index (χ3n) is 7.72. The van der Waals surface area contributed by atoms with Gasteiger partial charge in [-0.25, -0.2) is 0 Å². The molecule has 20 heteroatoms. The third-order valence-corrected chi connectivity index (χ3v) is 7.72. The molecule has 0 unspecified atom stereocenters. The summed E-state index contributed by atoms with van der Waals surface area (Å²) in [4.78, 5) is 11.3. The first kappa shape index (κ1) is 37.4. The van der Waals surface area contributed by atoms with Crippen molar-refractivity contribution in [3.8, 4) is 0 Å². The van der Waals surface area contributed by atoms with Gasteiger partial charge in [-0.05, 0) is 6.92 Å². The minimum Gasteiger partial charge on any atom is -0.394 e. The number of rotatable bonds is 13. The number of ether oxygens (including phenoxy) is 6. The van der Waals surface area contributed by atoms with Crippen molar-refractivity contribution in [2.45, 2.75) is 123 Å². The van der Waals surface area contributed by atoms with Crippen LogP contribution in [0.4, 0.5) is 0 Å². The molecule has 0 aliphatic carbocycles. The van der Waals surface area contributed by atoms with Crippen LogP contribution in [-0.4, -0.2) is 209 Å². The average Bonchev–Trinajstić information content (AvgIpc) is 3.02. The Morgan fingerprint density at radius 3 is 1.73 bits per heavy atom. The molecule has 3 aliphatic heterocycles. The van der Waals surface area contributed by atoms with E-state index in [4.69, 9.17) is 28.4 Å². The fourth-order valence-electron chi connectivity index (χ4n) is 5.01. The topological polar surface area (TPSA) is 335 Å². The van der Waals surface area contributed by atoms with E-state index in [1.54, 1.807) is 0 Å². The van der Waals surface area contributed by atoms with E-state index >= 15 is 0 Å². The molecule has 13 N–H and O–H groups in total. The Labute approximate surface area is 249 Å². The van der Waals surface area contributed by atoms with E-state index in [0.29, 0.717) is 0 Å². The molecule has 0 aromatic carbocycles. The van der Waals surface area contributed by atoms with Gasteiger partial charge in [0.25, 0.3) is 0 Å². The number of hydrogen-bond donors (Lipinski definition) is 13. The highest BCUT2D eigenvalue weighted by atomic mass is 16.8. The number of hydrogen-bond acceptors (Lipinski definition) is 20. The van der Waals surface area contributed by atoms with Crippen molar-refractivity contribution in [3.63, 3.8) is 0 Å². The average molecular weight is 651 g/mol. The van der Waals surface area contributed by atoms with Crippen LogP contribution in [0.15, 0.2) is 0 Å². The zero-order valence-corrected chi connectivity index (χ0v) is 23.3. The molecule has 19 atom stereocenters. The Morgan fingerprint density at radius 1 is 0.659 bits per heavy atom. The van der Waals surface area contributed by atoms with Crippen LogP contribution < -0.4 is 0 Å². The molecule has 0 aromatic heterocycles. The molecular formula is C24H42O20. The minimum atomic E-state index is -2.15. The summed E-state index contributed by atoms with van der Waals surface area (Å²) in [7, 11) is 0. The van der Waals surface area contributed by atoms with Crippen molar-refractivity contribution < 1.29 is 99.6 Å². The van der Waals surface area contributed by atoms with E-state index in [2.05, 4.69) is 0 Å². The SMILES string of the molecule is C[C@@H]1O[C@@H](O[C@@H]2[C@@H](O)[C@H](O[C@@H]([C@@H](O)[C@H](O)CO)[C@@H](O)C=O)O[C@H](CO)[C@H]2O[C@@H]2O[C@H](CO)[C@H](O)[C@H](O)[C@H]2O)[C@@H](O)[C@H](O)[C@@H]1O. The van der Waals surface area contributed by atoms with Gasteiger partial charge in [0.2, 0.25) is 0 Å². The van der Waals surface area contributed by atoms with Gasteiger partial charge >= 0.3 is 0 Å². The minimum absolute atomic E-state index is 0.0873. The maximum Gasteiger partial charge on any atom is 0.187 e. The summed E-state index contributed by atoms with van der Waals surface area (Å²) in [5, 5.41) is 132. The number of aliphatic hydroxyl groups is 13. The Bertz CT molecular complexity index is 883. The van der Waals surface area contributed by atoms with E-state index in [1.165, 1.54) is 6.92 Å². The van der Waals surface area contributed by atoms with Crippen molar-refractivity contribution in [2.24, 2.45) is 0 Å². The lowest BCUT2D eigenvalue weighted by atomic mass is 9.95. The second-order valence-corrected chi connectivity index (χ2v) is 10.8. The quantitative estimate of drug-likeness (QED) is 0.0823. The Morgan fingerprint density at radius 2 is 1.18 bits per heavy atom. The van der Waals surface area contributed by atoms with Crippen LogP contribution >= 0.6 is 0 Å². The second-order valence-electron chi connectivity index (χ2n) is 10.8. The van der Waals surface area contributed by atoms with Gasteiger partial charge in [-0.2, -0.15) is 0 Å². The Balaban J connectivity index is 1.97. The Kier molecular flexibility index (Phi) is 13.7. The van der Waals surface area contributed by atoms with Crippen LogP contribution in [0, 0.1) is 0 Å². The van der Waals surface area contributed by atoms with Crippen molar-refractivity contribution in [1.82, 2.24) is 0 Å². The molecule has 3 heterocycles. The van der Waals surface area contributed by atoms with Gasteiger partial charge in [0.15, 0.2) is 25.2 Å². The molecule has 0 amide bonds. The molecule has 44 heavy (non-hydrogen) atoms. The molecule has 3 rings (SSSR count). The zero-order chi connectivity index (χ0) is 33.0. The summed E-state index contributed by atoms with van der Waals surface area (Å²) in [5.74, 6) is 0. The van der Waals surface area contributed by atoms with E-state index in [9.17, 15) is 71.2 Å². The molecule has 3 fully saturated rings. The molecular weight excluding hydrogens is 608 g/mol. The van der Waals surface area contributed by atoms with Gasteiger partial charge in [-0.3, -0.25) is 0 Å². The number of aliphatic hydroxyl groups excluding tert-OH is 13. The van der Waals surface area contributed by atoms with Crippen LogP contribution in [0.2, 0.25) is 0 Å². The lowest BCUT2D eigenvalue weighted by Crippen LogP contribution is -2.67. The van der Waals surface area contributed by atoms with Gasteiger partial charge in [0.05, 0.1) is 25.9 Å². The molecule has 20 nitrogen and oxygen atoms in total. The molecule has 0 saturated carbocycles. The third kappa shape index (κ3) is 7.88. The van der Waals surface area contributed by atoms with Gasteiger partial charge in [0, 0.05) is 0 Å². The van der Waals surface area contributed by atoms with Crippen LogP contribution in [0.3, 0.4) is 0 Å². The summed E-state index contributed by atoms with van der Waals surface area (Å²) in [6, 6.07) is 0. The van der Waals surface area contributed by atoms with E-state index in [-0.39, 0.29) is 6.29 Å². The first-order valence-electron chi connectivity index (χ1n) is 13.7. The van der Waals surface area contributed by atoms with Crippen molar-refractivity contribution in [2.75, 3.05) is 19.8 Å². The van der Waals surface area contributed by atoms with Crippen LogP contribution in [-0.2, 0) is 33.2 Å². The fourth-order valence-corrected chi connectivity index (χ4v) is 5.01. The van der Waals surface area contributed by atoms with Gasteiger partial charge in [0.1, 0.15) is 91.6 Å². The largest absolute Gasteiger partial charge is 0.394 e. The maximum atomic E-state index is 11.3. The second kappa shape index (κ2) is 16.1. The zero-order valence-electron chi connectivity index (χ0n) is 23.3. The first-order chi connectivity index (χ1) is 20.7. The van der Waals surface area contributed by atoms with E-state index in [1.807, 2.05) is 0 Å². The highest BCUT2D eigenvalue weighted by Gasteiger charge is 2.55. The van der Waals surface area contributed by atoms with E-state index in [0.717, 1.165) is 0 Å². The fraction of sp³-hybridized carbons (Fsp3) is 0.958. The van der Waals surface area contributed by atoms with Gasteiger partial charge < -0.3 is 99.6 Å². The Hall–Kier alpha value is -1.09. The van der Waals surface area contributed by atoms with Gasteiger partial charge in [-0.15, -0.1) is 0 Å². The molecule has 3 saturated heterocycles. The molecule has 0 radical (unpaired) electrons. The predicted molar refractivity (Wildman–Crippen MR) is 134 cm³/mol. The van der Waals surface area contributed by atoms with Crippen LogP contribution in [0.25, 0.3) is 0 Å². The maximum absolute atomic E-state index is 11.3. The summed E-state index contributed by atoms with van der Waals surface area (Å²) in [5.41, 5.74) is 0. The smallest absolute Gasteiger partial charge is 0.187 e. The molecule has 0 aromatic rings.